The Labute approximate surface area is 80.4 Å². The molecule has 1 nitrogen and oxygen atoms in total. The minimum atomic E-state index is 0.662. The zero-order valence-electron chi connectivity index (χ0n) is 8.24. The summed E-state index contributed by atoms with van der Waals surface area (Å²) < 4.78 is 0. The molecular weight excluding hydrogens is 158 g/mol. The third-order valence-corrected chi connectivity index (χ3v) is 2.90. The summed E-state index contributed by atoms with van der Waals surface area (Å²) in [5.41, 5.74) is 1.48. The molecule has 0 spiro atoms. The second-order valence-electron chi connectivity index (χ2n) is 3.72. The molecule has 1 fully saturated rings. The fraction of sp³-hybridized carbons (Fsp3) is 0.500. The average Bonchev–Trinajstić information content (AvgIpc) is 2.12. The molecule has 0 bridgehead atoms. The van der Waals surface area contributed by atoms with Gasteiger partial charge in [-0.2, -0.15) is 0 Å². The van der Waals surface area contributed by atoms with E-state index in [1.165, 1.54) is 31.5 Å². The quantitative estimate of drug-likeness (QED) is 0.682. The molecule has 0 aliphatic carbocycles. The van der Waals surface area contributed by atoms with Crippen LogP contribution in [0.15, 0.2) is 30.3 Å². The number of likely N-dealkylation sites (tertiary alicyclic amines) is 1. The molecule has 2 rings (SSSR count). The van der Waals surface area contributed by atoms with Crippen LogP contribution in [-0.2, 0) is 0 Å². The lowest BCUT2D eigenvalue weighted by molar-refractivity contribution is 0.115. The molecule has 0 radical (unpaired) electrons. The standard InChI is InChI=1S/C12H17N/c1-2-12(13-9-6-10-13)11-7-4-3-5-8-11/h3-5,7-8,12H,2,6,9-10H2,1H3. The van der Waals surface area contributed by atoms with Gasteiger partial charge in [-0.1, -0.05) is 37.3 Å². The van der Waals surface area contributed by atoms with Gasteiger partial charge in [0.05, 0.1) is 0 Å². The molecule has 1 aliphatic heterocycles. The van der Waals surface area contributed by atoms with Crippen LogP contribution in [0.2, 0.25) is 0 Å². The van der Waals surface area contributed by atoms with Crippen LogP contribution in [0.3, 0.4) is 0 Å². The van der Waals surface area contributed by atoms with Crippen molar-refractivity contribution in [3.05, 3.63) is 35.9 Å². The summed E-state index contributed by atoms with van der Waals surface area (Å²) in [4.78, 5) is 2.56. The highest BCUT2D eigenvalue weighted by Gasteiger charge is 2.23. The Kier molecular flexibility index (Phi) is 2.65. The van der Waals surface area contributed by atoms with Crippen LogP contribution in [0.25, 0.3) is 0 Å². The predicted molar refractivity (Wildman–Crippen MR) is 55.7 cm³/mol. The minimum absolute atomic E-state index is 0.662. The van der Waals surface area contributed by atoms with Crippen LogP contribution in [0.4, 0.5) is 0 Å². The number of nitrogens with zero attached hydrogens (tertiary/aromatic N) is 1. The highest BCUT2D eigenvalue weighted by Crippen LogP contribution is 2.27. The van der Waals surface area contributed by atoms with Crippen LogP contribution in [0, 0.1) is 0 Å². The molecule has 1 atom stereocenters. The fourth-order valence-electron chi connectivity index (χ4n) is 2.03. The summed E-state index contributed by atoms with van der Waals surface area (Å²) in [7, 11) is 0. The van der Waals surface area contributed by atoms with Gasteiger partial charge in [0.25, 0.3) is 0 Å². The van der Waals surface area contributed by atoms with E-state index < -0.39 is 0 Å². The first-order valence-corrected chi connectivity index (χ1v) is 5.21. The summed E-state index contributed by atoms with van der Waals surface area (Å²) in [6.07, 6.45) is 2.60. The van der Waals surface area contributed by atoms with Gasteiger partial charge in [0.15, 0.2) is 0 Å². The second kappa shape index (κ2) is 3.93. The van der Waals surface area contributed by atoms with E-state index in [4.69, 9.17) is 0 Å². The van der Waals surface area contributed by atoms with Crippen molar-refractivity contribution >= 4 is 0 Å². The van der Waals surface area contributed by atoms with E-state index in [0.29, 0.717) is 6.04 Å². The topological polar surface area (TPSA) is 3.24 Å². The molecule has 0 amide bonds. The molecule has 1 aromatic carbocycles. The lowest BCUT2D eigenvalue weighted by Gasteiger charge is -2.38. The average molecular weight is 175 g/mol. The largest absolute Gasteiger partial charge is 0.296 e. The number of hydrogen-bond acceptors (Lipinski definition) is 1. The molecule has 1 heteroatoms. The maximum atomic E-state index is 2.56. The number of benzene rings is 1. The van der Waals surface area contributed by atoms with Gasteiger partial charge < -0.3 is 0 Å². The molecule has 1 unspecified atom stereocenters. The van der Waals surface area contributed by atoms with Crippen molar-refractivity contribution < 1.29 is 0 Å². The highest BCUT2D eigenvalue weighted by molar-refractivity contribution is 5.19. The molecule has 13 heavy (non-hydrogen) atoms. The lowest BCUT2D eigenvalue weighted by atomic mass is 10.00. The lowest BCUT2D eigenvalue weighted by Crippen LogP contribution is -2.39. The SMILES string of the molecule is CCC(c1ccccc1)N1CCC1. The third-order valence-electron chi connectivity index (χ3n) is 2.90. The smallest absolute Gasteiger partial charge is 0.0345 e. The Morgan fingerprint density at radius 1 is 1.23 bits per heavy atom. The van der Waals surface area contributed by atoms with Crippen molar-refractivity contribution in [2.45, 2.75) is 25.8 Å². The number of rotatable bonds is 3. The van der Waals surface area contributed by atoms with Crippen molar-refractivity contribution in [2.24, 2.45) is 0 Å². The molecule has 1 aliphatic rings. The Hall–Kier alpha value is -0.820. The van der Waals surface area contributed by atoms with Crippen LogP contribution in [-0.4, -0.2) is 18.0 Å². The molecule has 70 valence electrons. The maximum absolute atomic E-state index is 2.56. The fourth-order valence-corrected chi connectivity index (χ4v) is 2.03. The highest BCUT2D eigenvalue weighted by atomic mass is 15.2. The molecule has 1 heterocycles. The monoisotopic (exact) mass is 175 g/mol. The van der Waals surface area contributed by atoms with Gasteiger partial charge in [0.2, 0.25) is 0 Å². The zero-order valence-corrected chi connectivity index (χ0v) is 8.24. The first-order chi connectivity index (χ1) is 6.42. The molecule has 0 aromatic heterocycles. The van der Waals surface area contributed by atoms with E-state index in [1.807, 2.05) is 0 Å². The van der Waals surface area contributed by atoms with Crippen molar-refractivity contribution in [3.8, 4) is 0 Å². The molecule has 0 N–H and O–H groups in total. The molecule has 0 saturated carbocycles. The van der Waals surface area contributed by atoms with Gasteiger partial charge in [-0.25, -0.2) is 0 Å². The van der Waals surface area contributed by atoms with Gasteiger partial charge in [-0.3, -0.25) is 4.90 Å². The van der Waals surface area contributed by atoms with E-state index in [9.17, 15) is 0 Å². The van der Waals surface area contributed by atoms with E-state index in [0.717, 1.165) is 0 Å². The van der Waals surface area contributed by atoms with Gasteiger partial charge >= 0.3 is 0 Å². The zero-order chi connectivity index (χ0) is 9.10. The Morgan fingerprint density at radius 2 is 1.92 bits per heavy atom. The van der Waals surface area contributed by atoms with E-state index >= 15 is 0 Å². The van der Waals surface area contributed by atoms with Gasteiger partial charge in [-0.15, -0.1) is 0 Å². The van der Waals surface area contributed by atoms with Crippen LogP contribution < -0.4 is 0 Å². The van der Waals surface area contributed by atoms with Gasteiger partial charge in [0, 0.05) is 6.04 Å². The van der Waals surface area contributed by atoms with Crippen molar-refractivity contribution in [1.82, 2.24) is 4.90 Å². The summed E-state index contributed by atoms with van der Waals surface area (Å²) in [6.45, 7) is 4.84. The van der Waals surface area contributed by atoms with Gasteiger partial charge in [-0.05, 0) is 31.5 Å². The van der Waals surface area contributed by atoms with E-state index in [2.05, 4.69) is 42.2 Å². The maximum Gasteiger partial charge on any atom is 0.0345 e. The summed E-state index contributed by atoms with van der Waals surface area (Å²) in [5, 5.41) is 0. The van der Waals surface area contributed by atoms with Crippen LogP contribution in [0.1, 0.15) is 31.4 Å². The number of hydrogen-bond donors (Lipinski definition) is 0. The van der Waals surface area contributed by atoms with Crippen molar-refractivity contribution in [3.63, 3.8) is 0 Å². The van der Waals surface area contributed by atoms with Crippen LogP contribution >= 0.6 is 0 Å². The Morgan fingerprint density at radius 3 is 2.38 bits per heavy atom. The van der Waals surface area contributed by atoms with Crippen molar-refractivity contribution in [2.75, 3.05) is 13.1 Å². The summed E-state index contributed by atoms with van der Waals surface area (Å²) >= 11 is 0. The normalized spacial score (nSPS) is 19.5. The van der Waals surface area contributed by atoms with Gasteiger partial charge in [0.1, 0.15) is 0 Å². The Balaban J connectivity index is 2.12. The summed E-state index contributed by atoms with van der Waals surface area (Å²) in [5.74, 6) is 0. The molecule has 1 aromatic rings. The van der Waals surface area contributed by atoms with E-state index in [1.54, 1.807) is 0 Å². The summed E-state index contributed by atoms with van der Waals surface area (Å²) in [6, 6.07) is 11.5. The Bertz CT molecular complexity index is 251. The predicted octanol–water partition coefficient (Wildman–Crippen LogP) is 2.84. The molecule has 1 saturated heterocycles. The van der Waals surface area contributed by atoms with Crippen LogP contribution in [0.5, 0.6) is 0 Å². The third kappa shape index (κ3) is 1.75. The second-order valence-corrected chi connectivity index (χ2v) is 3.72. The van der Waals surface area contributed by atoms with E-state index in [-0.39, 0.29) is 0 Å². The molecular formula is C12H17N. The minimum Gasteiger partial charge on any atom is -0.296 e. The first-order valence-electron chi connectivity index (χ1n) is 5.21. The van der Waals surface area contributed by atoms with Crippen molar-refractivity contribution in [1.29, 1.82) is 0 Å². The first kappa shape index (κ1) is 8.76.